The van der Waals surface area contributed by atoms with Crippen molar-refractivity contribution in [3.05, 3.63) is 29.3 Å². The van der Waals surface area contributed by atoms with Gasteiger partial charge in [-0.2, -0.15) is 0 Å². The molecule has 7 nitrogen and oxygen atoms in total. The predicted octanol–water partition coefficient (Wildman–Crippen LogP) is 2.54. The molecule has 1 aromatic heterocycles. The second kappa shape index (κ2) is 6.30. The maximum atomic E-state index is 12.7. The van der Waals surface area contributed by atoms with E-state index in [1.165, 1.54) is 0 Å². The fourth-order valence-corrected chi connectivity index (χ4v) is 4.56. The van der Waals surface area contributed by atoms with Crippen molar-refractivity contribution in [3.8, 4) is 0 Å². The minimum atomic E-state index is -0.866. The van der Waals surface area contributed by atoms with Gasteiger partial charge in [-0.1, -0.05) is 12.1 Å². The number of thiazole rings is 1. The number of fused-ring (bicyclic) bond motifs is 1. The van der Waals surface area contributed by atoms with E-state index >= 15 is 0 Å². The summed E-state index contributed by atoms with van der Waals surface area (Å²) in [6, 6.07) is 7.10. The van der Waals surface area contributed by atoms with Crippen molar-refractivity contribution in [1.29, 1.82) is 0 Å². The first-order chi connectivity index (χ1) is 12.8. The van der Waals surface area contributed by atoms with Crippen molar-refractivity contribution >= 4 is 39.4 Å². The summed E-state index contributed by atoms with van der Waals surface area (Å²) >= 11 is 1.54. The van der Waals surface area contributed by atoms with Crippen LogP contribution in [0, 0.1) is 5.92 Å². The van der Waals surface area contributed by atoms with Crippen LogP contribution >= 0.6 is 11.3 Å². The number of likely N-dealkylation sites (N-methyl/N-ethyl adjacent to an activating group) is 1. The van der Waals surface area contributed by atoms with Gasteiger partial charge in [0.2, 0.25) is 5.91 Å². The van der Waals surface area contributed by atoms with E-state index in [1.54, 1.807) is 30.2 Å². The summed E-state index contributed by atoms with van der Waals surface area (Å²) in [6.07, 6.45) is 1.86. The van der Waals surface area contributed by atoms with Gasteiger partial charge in [-0.15, -0.1) is 11.3 Å². The Morgan fingerprint density at radius 1 is 1.41 bits per heavy atom. The lowest BCUT2D eigenvalue weighted by atomic mass is 9.96. The number of carbonyl (C=O) groups excluding carboxylic acids is 3. The van der Waals surface area contributed by atoms with E-state index in [4.69, 9.17) is 0 Å². The Bertz CT molecular complexity index is 905. The minimum absolute atomic E-state index is 0.174. The van der Waals surface area contributed by atoms with Crippen LogP contribution in [0.2, 0.25) is 0 Å². The molecule has 2 fully saturated rings. The van der Waals surface area contributed by atoms with E-state index in [-0.39, 0.29) is 30.3 Å². The molecule has 8 heteroatoms. The molecule has 0 spiro atoms. The molecule has 2 aromatic rings. The van der Waals surface area contributed by atoms with Gasteiger partial charge in [0.1, 0.15) is 17.1 Å². The molecule has 0 radical (unpaired) electrons. The van der Waals surface area contributed by atoms with Crippen LogP contribution in [0.3, 0.4) is 0 Å². The molecule has 2 heterocycles. The topological polar surface area (TPSA) is 82.6 Å². The highest BCUT2D eigenvalue weighted by Crippen LogP contribution is 2.42. The smallest absolute Gasteiger partial charge is 0.325 e. The zero-order valence-corrected chi connectivity index (χ0v) is 16.4. The van der Waals surface area contributed by atoms with Crippen LogP contribution < -0.4 is 5.32 Å². The molecule has 1 aliphatic heterocycles. The van der Waals surface area contributed by atoms with Crippen molar-refractivity contribution in [3.63, 3.8) is 0 Å². The van der Waals surface area contributed by atoms with E-state index in [2.05, 4.69) is 10.3 Å². The van der Waals surface area contributed by atoms with Crippen molar-refractivity contribution in [1.82, 2.24) is 20.1 Å². The molecule has 1 aliphatic carbocycles. The van der Waals surface area contributed by atoms with Gasteiger partial charge in [-0.05, 0) is 44.7 Å². The highest BCUT2D eigenvalue weighted by atomic mass is 32.1. The second-order valence-corrected chi connectivity index (χ2v) is 8.56. The largest absolute Gasteiger partial charge is 0.335 e. The van der Waals surface area contributed by atoms with E-state index in [9.17, 15) is 14.4 Å². The highest BCUT2D eigenvalue weighted by Gasteiger charge is 2.56. The Hall–Kier alpha value is -2.48. The van der Waals surface area contributed by atoms with E-state index < -0.39 is 11.6 Å². The number of nitrogens with one attached hydrogen (secondary N) is 1. The number of para-hydroxylation sites is 1. The maximum Gasteiger partial charge on any atom is 0.325 e. The molecule has 0 unspecified atom stereocenters. The van der Waals surface area contributed by atoms with Gasteiger partial charge in [0.15, 0.2) is 0 Å². The number of nitrogens with zero attached hydrogens (tertiary/aromatic N) is 3. The van der Waals surface area contributed by atoms with Crippen LogP contribution in [0.4, 0.5) is 4.79 Å². The monoisotopic (exact) mass is 386 g/mol. The van der Waals surface area contributed by atoms with Gasteiger partial charge < -0.3 is 10.2 Å². The van der Waals surface area contributed by atoms with Crippen LogP contribution in [0.15, 0.2) is 24.3 Å². The number of amides is 4. The quantitative estimate of drug-likeness (QED) is 0.801. The third-order valence-corrected chi connectivity index (χ3v) is 6.84. The summed E-state index contributed by atoms with van der Waals surface area (Å²) in [7, 11) is 1.68. The molecule has 4 amide bonds. The summed E-state index contributed by atoms with van der Waals surface area (Å²) in [5, 5.41) is 3.60. The first kappa shape index (κ1) is 17.9. The maximum absolute atomic E-state index is 12.7. The van der Waals surface area contributed by atoms with Crippen LogP contribution in [-0.2, 0) is 9.59 Å². The molecule has 27 heavy (non-hydrogen) atoms. The number of aromatic nitrogens is 1. The Morgan fingerprint density at radius 2 is 2.11 bits per heavy atom. The van der Waals surface area contributed by atoms with Gasteiger partial charge in [0.05, 0.1) is 16.3 Å². The lowest BCUT2D eigenvalue weighted by Gasteiger charge is -2.25. The van der Waals surface area contributed by atoms with Crippen molar-refractivity contribution in [2.45, 2.75) is 38.3 Å². The third-order valence-electron chi connectivity index (χ3n) is 5.63. The Balaban J connectivity index is 1.47. The van der Waals surface area contributed by atoms with Gasteiger partial charge in [-0.3, -0.25) is 14.5 Å². The molecule has 142 valence electrons. The fourth-order valence-electron chi connectivity index (χ4n) is 3.49. The van der Waals surface area contributed by atoms with Gasteiger partial charge in [-0.25, -0.2) is 9.78 Å². The molecule has 1 aromatic carbocycles. The number of hydrogen-bond acceptors (Lipinski definition) is 5. The lowest BCUT2D eigenvalue weighted by Crippen LogP contribution is -2.47. The predicted molar refractivity (Wildman–Crippen MR) is 102 cm³/mol. The molecule has 1 saturated heterocycles. The van der Waals surface area contributed by atoms with Crippen LogP contribution in [0.5, 0.6) is 0 Å². The molecule has 2 atom stereocenters. The van der Waals surface area contributed by atoms with Crippen molar-refractivity contribution in [2.24, 2.45) is 5.92 Å². The van der Waals surface area contributed by atoms with Crippen LogP contribution in [0.1, 0.15) is 37.7 Å². The Kier molecular flexibility index (Phi) is 4.18. The summed E-state index contributed by atoms with van der Waals surface area (Å²) in [6.45, 7) is 3.40. The zero-order valence-electron chi connectivity index (χ0n) is 15.6. The molecule has 1 saturated carbocycles. The van der Waals surface area contributed by atoms with E-state index in [0.29, 0.717) is 0 Å². The minimum Gasteiger partial charge on any atom is -0.335 e. The highest BCUT2D eigenvalue weighted by molar-refractivity contribution is 7.18. The first-order valence-corrected chi connectivity index (χ1v) is 9.88. The van der Waals surface area contributed by atoms with Gasteiger partial charge >= 0.3 is 6.03 Å². The summed E-state index contributed by atoms with van der Waals surface area (Å²) in [4.78, 5) is 44.9. The lowest BCUT2D eigenvalue weighted by molar-refractivity contribution is -0.139. The third kappa shape index (κ3) is 2.97. The normalized spacial score (nSPS) is 23.6. The van der Waals surface area contributed by atoms with Crippen LogP contribution in [-0.4, -0.2) is 51.8 Å². The number of benzene rings is 1. The molecular formula is C19H22N4O3S. The Morgan fingerprint density at radius 3 is 2.78 bits per heavy atom. The number of rotatable bonds is 5. The molecule has 1 N–H and O–H groups in total. The zero-order chi connectivity index (χ0) is 19.3. The molecule has 0 bridgehead atoms. The van der Waals surface area contributed by atoms with Crippen molar-refractivity contribution < 1.29 is 14.4 Å². The summed E-state index contributed by atoms with van der Waals surface area (Å²) < 4.78 is 1.06. The number of urea groups is 1. The SMILES string of the molecule is C[C@H](c1nc2ccccc2s1)N(C)C(=O)CN1C(=O)N[C@@](C)(C2CC2)C1=O. The summed E-state index contributed by atoms with van der Waals surface area (Å²) in [5.74, 6) is -0.414. The first-order valence-electron chi connectivity index (χ1n) is 9.06. The fraction of sp³-hybridized carbons (Fsp3) is 0.474. The average molecular weight is 386 g/mol. The Labute approximate surface area is 161 Å². The molecule has 2 aliphatic rings. The van der Waals surface area contributed by atoms with Gasteiger partial charge in [0, 0.05) is 7.05 Å². The van der Waals surface area contributed by atoms with E-state index in [0.717, 1.165) is 33.0 Å². The second-order valence-electron chi connectivity index (χ2n) is 7.50. The standard InChI is InChI=1S/C19H22N4O3S/c1-11(16-20-13-6-4-5-7-14(13)27-16)22(3)15(24)10-23-17(25)19(2,12-8-9-12)21-18(23)26/h4-7,11-12H,8-10H2,1-3H3,(H,21,26)/t11-,19+/m1/s1. The molecule has 4 rings (SSSR count). The average Bonchev–Trinajstić information content (AvgIpc) is 3.38. The van der Waals surface area contributed by atoms with E-state index in [1.807, 2.05) is 31.2 Å². The van der Waals surface area contributed by atoms with Gasteiger partial charge in [0.25, 0.3) is 5.91 Å². The van der Waals surface area contributed by atoms with Crippen molar-refractivity contribution in [2.75, 3.05) is 13.6 Å². The summed E-state index contributed by atoms with van der Waals surface area (Å²) in [5.41, 5.74) is 0.0358. The number of hydrogen-bond donors (Lipinski definition) is 1. The number of carbonyl (C=O) groups is 3. The molecular weight excluding hydrogens is 364 g/mol. The number of imide groups is 1. The van der Waals surface area contributed by atoms with Crippen LogP contribution in [0.25, 0.3) is 10.2 Å².